The first-order chi connectivity index (χ1) is 10.4. The molecule has 118 valence electrons. The molecule has 2 rings (SSSR count). The van der Waals surface area contributed by atoms with Gasteiger partial charge in [0.2, 0.25) is 12.2 Å². The van der Waals surface area contributed by atoms with Gasteiger partial charge in [0.05, 0.1) is 12.0 Å². The smallest absolute Gasteiger partial charge is 0.308 e. The summed E-state index contributed by atoms with van der Waals surface area (Å²) in [6.45, 7) is -1.47. The second-order valence-electron chi connectivity index (χ2n) is 4.42. The Morgan fingerprint density at radius 3 is 2.55 bits per heavy atom. The highest BCUT2D eigenvalue weighted by atomic mass is 19.2. The molecule has 1 aliphatic heterocycles. The number of esters is 1. The van der Waals surface area contributed by atoms with Crippen LogP contribution in [0.3, 0.4) is 0 Å². The Morgan fingerprint density at radius 1 is 1.14 bits per heavy atom. The molecule has 1 aromatic rings. The Morgan fingerprint density at radius 2 is 1.86 bits per heavy atom. The van der Waals surface area contributed by atoms with Crippen LogP contribution in [0.2, 0.25) is 0 Å². The highest BCUT2D eigenvalue weighted by molar-refractivity contribution is 5.90. The first-order valence-corrected chi connectivity index (χ1v) is 6.11. The van der Waals surface area contributed by atoms with E-state index in [1.54, 1.807) is 0 Å². The van der Waals surface area contributed by atoms with E-state index in [2.05, 4.69) is 10.1 Å². The van der Waals surface area contributed by atoms with Crippen LogP contribution < -0.4 is 10.1 Å². The maximum absolute atomic E-state index is 13.7. The molecule has 0 spiro atoms. The zero-order chi connectivity index (χ0) is 16.3. The van der Waals surface area contributed by atoms with E-state index in [-0.39, 0.29) is 12.5 Å². The second-order valence-corrected chi connectivity index (χ2v) is 4.42. The lowest BCUT2D eigenvalue weighted by Crippen LogP contribution is -2.41. The standard InChI is InChI=1S/C13H10F3NO5/c14-7-1-8(15)12(16)13-6(7)3-21-11(20)2-9(17-5-18)10(19)4-22-13/h1,5,9H,2-4H2,(H,17,18). The van der Waals surface area contributed by atoms with Gasteiger partial charge in [-0.1, -0.05) is 0 Å². The molecule has 1 N–H and O–H groups in total. The molecule has 1 unspecified atom stereocenters. The van der Waals surface area contributed by atoms with Crippen LogP contribution in [0.15, 0.2) is 6.07 Å². The summed E-state index contributed by atoms with van der Waals surface area (Å²) in [5, 5.41) is 2.09. The summed E-state index contributed by atoms with van der Waals surface area (Å²) in [5.41, 5.74) is -0.512. The highest BCUT2D eigenvalue weighted by Gasteiger charge is 2.28. The fraction of sp³-hybridized carbons (Fsp3) is 0.308. The summed E-state index contributed by atoms with van der Waals surface area (Å²) in [5.74, 6) is -6.70. The molecule has 0 saturated carbocycles. The number of rotatable bonds is 2. The van der Waals surface area contributed by atoms with Crippen molar-refractivity contribution in [2.45, 2.75) is 19.1 Å². The van der Waals surface area contributed by atoms with Gasteiger partial charge in [-0.2, -0.15) is 4.39 Å². The van der Waals surface area contributed by atoms with Gasteiger partial charge in [-0.3, -0.25) is 14.4 Å². The number of ketones is 1. The van der Waals surface area contributed by atoms with E-state index in [0.29, 0.717) is 0 Å². The van der Waals surface area contributed by atoms with Gasteiger partial charge in [-0.05, 0) is 0 Å². The van der Waals surface area contributed by atoms with E-state index in [1.165, 1.54) is 0 Å². The molecule has 0 aromatic heterocycles. The fourth-order valence-corrected chi connectivity index (χ4v) is 1.87. The largest absolute Gasteiger partial charge is 0.482 e. The highest BCUT2D eigenvalue weighted by Crippen LogP contribution is 2.29. The van der Waals surface area contributed by atoms with Gasteiger partial charge < -0.3 is 14.8 Å². The van der Waals surface area contributed by atoms with Crippen molar-refractivity contribution in [3.8, 4) is 5.75 Å². The molecule has 1 heterocycles. The lowest BCUT2D eigenvalue weighted by molar-refractivity contribution is -0.147. The number of halogens is 3. The predicted octanol–water partition coefficient (Wildman–Crippen LogP) is 0.613. The Balaban J connectivity index is 2.39. The van der Waals surface area contributed by atoms with Crippen molar-refractivity contribution in [1.82, 2.24) is 5.32 Å². The molecule has 6 nitrogen and oxygen atoms in total. The first kappa shape index (κ1) is 15.8. The minimum Gasteiger partial charge on any atom is -0.482 e. The number of fused-ring (bicyclic) bond motifs is 1. The summed E-state index contributed by atoms with van der Waals surface area (Å²) < 4.78 is 50.1. The van der Waals surface area contributed by atoms with E-state index in [9.17, 15) is 27.6 Å². The summed E-state index contributed by atoms with van der Waals surface area (Å²) in [7, 11) is 0. The summed E-state index contributed by atoms with van der Waals surface area (Å²) in [6.07, 6.45) is -0.281. The van der Waals surface area contributed by atoms with Crippen LogP contribution in [-0.2, 0) is 25.7 Å². The van der Waals surface area contributed by atoms with Crippen LogP contribution in [0.5, 0.6) is 5.75 Å². The van der Waals surface area contributed by atoms with Gasteiger partial charge in [0.15, 0.2) is 17.3 Å². The Bertz CT molecular complexity index is 635. The van der Waals surface area contributed by atoms with Crippen molar-refractivity contribution in [3.63, 3.8) is 0 Å². The molecular formula is C13H10F3NO5. The molecule has 0 bridgehead atoms. The third-order valence-electron chi connectivity index (χ3n) is 2.99. The van der Waals surface area contributed by atoms with E-state index in [4.69, 9.17) is 4.74 Å². The van der Waals surface area contributed by atoms with Gasteiger partial charge in [-0.15, -0.1) is 0 Å². The molecule has 0 radical (unpaired) electrons. The van der Waals surface area contributed by atoms with E-state index >= 15 is 0 Å². The zero-order valence-electron chi connectivity index (χ0n) is 11.0. The molecular weight excluding hydrogens is 307 g/mol. The number of cyclic esters (lactones) is 1. The predicted molar refractivity (Wildman–Crippen MR) is 64.2 cm³/mol. The Hall–Kier alpha value is -2.58. The zero-order valence-corrected chi connectivity index (χ0v) is 11.0. The van der Waals surface area contributed by atoms with Crippen LogP contribution in [0.1, 0.15) is 12.0 Å². The van der Waals surface area contributed by atoms with Crippen LogP contribution in [0.25, 0.3) is 0 Å². The van der Waals surface area contributed by atoms with Gasteiger partial charge in [-0.25, -0.2) is 8.78 Å². The number of hydrogen-bond donors (Lipinski definition) is 1. The number of carbonyl (C=O) groups excluding carboxylic acids is 3. The van der Waals surface area contributed by atoms with Gasteiger partial charge in [0, 0.05) is 6.07 Å². The SMILES string of the molecule is O=CNC1CC(=O)OCc2c(F)cc(F)c(F)c2OCC1=O. The molecule has 0 saturated heterocycles. The van der Waals surface area contributed by atoms with E-state index in [0.717, 1.165) is 0 Å². The quantitative estimate of drug-likeness (QED) is 0.491. The Labute approximate surface area is 122 Å². The molecule has 22 heavy (non-hydrogen) atoms. The molecule has 1 aromatic carbocycles. The fourth-order valence-electron chi connectivity index (χ4n) is 1.87. The number of ether oxygens (including phenoxy) is 2. The number of hydrogen-bond acceptors (Lipinski definition) is 5. The normalized spacial score (nSPS) is 18.8. The number of Topliss-reactive ketones (excluding diaryl/α,β-unsaturated/α-hetero) is 1. The number of nitrogens with one attached hydrogen (secondary N) is 1. The third-order valence-corrected chi connectivity index (χ3v) is 2.99. The number of carbonyl (C=O) groups is 3. The molecule has 0 fully saturated rings. The topological polar surface area (TPSA) is 81.7 Å². The summed E-state index contributed by atoms with van der Waals surface area (Å²) >= 11 is 0. The summed E-state index contributed by atoms with van der Waals surface area (Å²) in [4.78, 5) is 33.7. The van der Waals surface area contributed by atoms with E-state index < -0.39 is 66.2 Å². The van der Waals surface area contributed by atoms with Crippen LogP contribution in [0.4, 0.5) is 13.2 Å². The lowest BCUT2D eigenvalue weighted by Gasteiger charge is -2.19. The number of amides is 1. The average molecular weight is 317 g/mol. The maximum atomic E-state index is 13.7. The molecule has 9 heteroatoms. The maximum Gasteiger partial charge on any atom is 0.308 e. The van der Waals surface area contributed by atoms with Crippen molar-refractivity contribution in [2.24, 2.45) is 0 Å². The third kappa shape index (κ3) is 3.18. The van der Waals surface area contributed by atoms with Crippen molar-refractivity contribution < 1.29 is 37.0 Å². The van der Waals surface area contributed by atoms with Crippen LogP contribution in [-0.4, -0.2) is 30.8 Å². The lowest BCUT2D eigenvalue weighted by atomic mass is 10.1. The number of benzene rings is 1. The first-order valence-electron chi connectivity index (χ1n) is 6.11. The van der Waals surface area contributed by atoms with Gasteiger partial charge >= 0.3 is 5.97 Å². The van der Waals surface area contributed by atoms with Crippen molar-refractivity contribution in [3.05, 3.63) is 29.1 Å². The molecule has 1 amide bonds. The summed E-state index contributed by atoms with van der Waals surface area (Å²) in [6, 6.07) is -0.941. The Kier molecular flexibility index (Phi) is 4.64. The second kappa shape index (κ2) is 6.46. The molecule has 1 atom stereocenters. The van der Waals surface area contributed by atoms with Crippen molar-refractivity contribution in [1.29, 1.82) is 0 Å². The minimum atomic E-state index is -1.50. The average Bonchev–Trinajstić information content (AvgIpc) is 2.47. The molecule has 0 aliphatic carbocycles. The van der Waals surface area contributed by atoms with Crippen molar-refractivity contribution in [2.75, 3.05) is 6.61 Å². The minimum absolute atomic E-state index is 0.204. The van der Waals surface area contributed by atoms with Gasteiger partial charge in [0.25, 0.3) is 0 Å². The van der Waals surface area contributed by atoms with Crippen LogP contribution in [0, 0.1) is 17.5 Å². The van der Waals surface area contributed by atoms with Crippen molar-refractivity contribution >= 4 is 18.2 Å². The van der Waals surface area contributed by atoms with E-state index in [1.807, 2.05) is 0 Å². The monoisotopic (exact) mass is 317 g/mol. The van der Waals surface area contributed by atoms with Crippen LogP contribution >= 0.6 is 0 Å². The van der Waals surface area contributed by atoms with Gasteiger partial charge in [0.1, 0.15) is 25.1 Å². The molecule has 1 aliphatic rings.